The summed E-state index contributed by atoms with van der Waals surface area (Å²) in [4.78, 5) is 0. The number of rotatable bonds is 3. The quantitative estimate of drug-likeness (QED) is 0.697. The number of hydrogen-bond donors (Lipinski definition) is 0. The van der Waals surface area contributed by atoms with Crippen molar-refractivity contribution < 1.29 is 18.3 Å². The molecule has 0 radical (unpaired) electrons. The molecule has 0 aliphatic carbocycles. The zero-order valence-electron chi connectivity index (χ0n) is 7.38. The molecule has 0 saturated carbocycles. The van der Waals surface area contributed by atoms with E-state index in [9.17, 15) is 8.78 Å². The molecule has 14 heavy (non-hydrogen) atoms. The van der Waals surface area contributed by atoms with E-state index in [1.165, 1.54) is 7.11 Å². The maximum absolute atomic E-state index is 13.0. The van der Waals surface area contributed by atoms with Gasteiger partial charge in [0.25, 0.3) is 0 Å². The Morgan fingerprint density at radius 3 is 2.71 bits per heavy atom. The number of methoxy groups -OCH3 is 1. The fraction of sp³-hybridized carbons (Fsp3) is 0.222. The van der Waals surface area contributed by atoms with Crippen molar-refractivity contribution in [3.05, 3.63) is 29.3 Å². The first-order valence-electron chi connectivity index (χ1n) is 3.70. The standard InChI is InChI=1S/C9H7F2NO2/c1-13-5-14-8-3-6(4-12)2-7(10)9(8)11/h2-3H,5H2,1H3. The van der Waals surface area contributed by atoms with Crippen LogP contribution < -0.4 is 4.74 Å². The molecule has 5 heteroatoms. The van der Waals surface area contributed by atoms with Crippen LogP contribution in [-0.4, -0.2) is 13.9 Å². The van der Waals surface area contributed by atoms with E-state index in [1.54, 1.807) is 6.07 Å². The predicted octanol–water partition coefficient (Wildman–Crippen LogP) is 1.82. The lowest BCUT2D eigenvalue weighted by atomic mass is 10.2. The van der Waals surface area contributed by atoms with E-state index in [4.69, 9.17) is 10.00 Å². The third-order valence-corrected chi connectivity index (χ3v) is 1.46. The summed E-state index contributed by atoms with van der Waals surface area (Å²) in [6.07, 6.45) is 0. The summed E-state index contributed by atoms with van der Waals surface area (Å²) >= 11 is 0. The van der Waals surface area contributed by atoms with Crippen LogP contribution in [0.3, 0.4) is 0 Å². The largest absolute Gasteiger partial charge is 0.464 e. The van der Waals surface area contributed by atoms with Gasteiger partial charge < -0.3 is 9.47 Å². The number of benzene rings is 1. The van der Waals surface area contributed by atoms with Gasteiger partial charge in [-0.2, -0.15) is 9.65 Å². The fourth-order valence-electron chi connectivity index (χ4n) is 0.856. The molecule has 0 heterocycles. The molecule has 0 bridgehead atoms. The Morgan fingerprint density at radius 2 is 2.14 bits per heavy atom. The van der Waals surface area contributed by atoms with E-state index in [-0.39, 0.29) is 18.1 Å². The summed E-state index contributed by atoms with van der Waals surface area (Å²) in [5.41, 5.74) is -0.00463. The molecule has 0 aliphatic rings. The van der Waals surface area contributed by atoms with Gasteiger partial charge in [-0.05, 0) is 6.07 Å². The van der Waals surface area contributed by atoms with Crippen LogP contribution in [0, 0.1) is 23.0 Å². The van der Waals surface area contributed by atoms with Gasteiger partial charge in [-0.1, -0.05) is 0 Å². The first-order chi connectivity index (χ1) is 6.69. The Hall–Kier alpha value is -1.67. The number of nitriles is 1. The van der Waals surface area contributed by atoms with Crippen LogP contribution in [0.5, 0.6) is 5.75 Å². The van der Waals surface area contributed by atoms with Crippen molar-refractivity contribution >= 4 is 0 Å². The molecule has 3 nitrogen and oxygen atoms in total. The third kappa shape index (κ3) is 2.18. The Morgan fingerprint density at radius 1 is 1.43 bits per heavy atom. The van der Waals surface area contributed by atoms with Crippen molar-refractivity contribution in [3.8, 4) is 11.8 Å². The second-order valence-corrected chi connectivity index (χ2v) is 2.43. The Labute approximate surface area is 79.5 Å². The Kier molecular flexibility index (Phi) is 3.37. The van der Waals surface area contributed by atoms with Crippen molar-refractivity contribution in [2.45, 2.75) is 0 Å². The number of halogens is 2. The van der Waals surface area contributed by atoms with Gasteiger partial charge in [-0.3, -0.25) is 0 Å². The first kappa shape index (κ1) is 10.4. The Bertz CT molecular complexity index is 374. The molecule has 1 aromatic rings. The highest BCUT2D eigenvalue weighted by Gasteiger charge is 2.11. The summed E-state index contributed by atoms with van der Waals surface area (Å²) < 4.78 is 35.0. The minimum Gasteiger partial charge on any atom is -0.464 e. The number of hydrogen-bond acceptors (Lipinski definition) is 3. The van der Waals surface area contributed by atoms with Crippen LogP contribution >= 0.6 is 0 Å². The second-order valence-electron chi connectivity index (χ2n) is 2.43. The zero-order valence-corrected chi connectivity index (χ0v) is 7.38. The smallest absolute Gasteiger partial charge is 0.200 e. The van der Waals surface area contributed by atoms with Crippen LogP contribution in [0.25, 0.3) is 0 Å². The molecule has 0 aromatic heterocycles. The van der Waals surface area contributed by atoms with E-state index in [0.29, 0.717) is 0 Å². The van der Waals surface area contributed by atoms with Gasteiger partial charge in [-0.15, -0.1) is 0 Å². The molecule has 0 aliphatic heterocycles. The summed E-state index contributed by atoms with van der Waals surface area (Å²) in [6.45, 7) is -0.203. The van der Waals surface area contributed by atoms with E-state index in [2.05, 4.69) is 4.74 Å². The average molecular weight is 199 g/mol. The summed E-state index contributed by atoms with van der Waals surface area (Å²) in [5, 5.41) is 8.48. The molecule has 0 saturated heterocycles. The number of ether oxygens (including phenoxy) is 2. The van der Waals surface area contributed by atoms with Crippen molar-refractivity contribution in [1.82, 2.24) is 0 Å². The number of nitrogens with zero attached hydrogens (tertiary/aromatic N) is 1. The lowest BCUT2D eigenvalue weighted by Gasteiger charge is -2.06. The van der Waals surface area contributed by atoms with Crippen molar-refractivity contribution in [2.24, 2.45) is 0 Å². The maximum atomic E-state index is 13.0. The van der Waals surface area contributed by atoms with Gasteiger partial charge in [0, 0.05) is 13.2 Å². The highest BCUT2D eigenvalue weighted by atomic mass is 19.2. The summed E-state index contributed by atoms with van der Waals surface area (Å²) in [7, 11) is 1.35. The molecule has 0 amide bonds. The van der Waals surface area contributed by atoms with Crippen LogP contribution in [0.2, 0.25) is 0 Å². The van der Waals surface area contributed by atoms with E-state index in [0.717, 1.165) is 12.1 Å². The Balaban J connectivity index is 3.02. The molecule has 1 rings (SSSR count). The van der Waals surface area contributed by atoms with Gasteiger partial charge in [0.15, 0.2) is 18.4 Å². The van der Waals surface area contributed by atoms with Crippen LogP contribution in [-0.2, 0) is 4.74 Å². The minimum atomic E-state index is -1.12. The molecule has 0 fully saturated rings. The lowest BCUT2D eigenvalue weighted by Crippen LogP contribution is -2.02. The van der Waals surface area contributed by atoms with Crippen LogP contribution in [0.1, 0.15) is 5.56 Å². The summed E-state index contributed by atoms with van der Waals surface area (Å²) in [6, 6.07) is 3.59. The molecular weight excluding hydrogens is 192 g/mol. The third-order valence-electron chi connectivity index (χ3n) is 1.46. The van der Waals surface area contributed by atoms with E-state index >= 15 is 0 Å². The predicted molar refractivity (Wildman–Crippen MR) is 43.6 cm³/mol. The van der Waals surface area contributed by atoms with Crippen LogP contribution in [0.15, 0.2) is 12.1 Å². The highest BCUT2D eigenvalue weighted by Crippen LogP contribution is 2.21. The van der Waals surface area contributed by atoms with Gasteiger partial charge in [0.1, 0.15) is 0 Å². The van der Waals surface area contributed by atoms with E-state index in [1.807, 2.05) is 0 Å². The van der Waals surface area contributed by atoms with Gasteiger partial charge in [0.05, 0.1) is 11.6 Å². The molecular formula is C9H7F2NO2. The maximum Gasteiger partial charge on any atom is 0.200 e. The molecule has 0 atom stereocenters. The topological polar surface area (TPSA) is 42.2 Å². The van der Waals surface area contributed by atoms with Crippen LogP contribution in [0.4, 0.5) is 8.78 Å². The summed E-state index contributed by atoms with van der Waals surface area (Å²) in [5.74, 6) is -2.57. The van der Waals surface area contributed by atoms with Crippen molar-refractivity contribution in [2.75, 3.05) is 13.9 Å². The monoisotopic (exact) mass is 199 g/mol. The SMILES string of the molecule is COCOc1cc(C#N)cc(F)c1F. The average Bonchev–Trinajstić information content (AvgIpc) is 2.20. The second kappa shape index (κ2) is 4.53. The normalized spacial score (nSPS) is 9.57. The zero-order chi connectivity index (χ0) is 10.6. The molecule has 1 aromatic carbocycles. The molecule has 0 unspecified atom stereocenters. The molecule has 0 N–H and O–H groups in total. The lowest BCUT2D eigenvalue weighted by molar-refractivity contribution is 0.0477. The molecule has 0 spiro atoms. The van der Waals surface area contributed by atoms with Gasteiger partial charge in [0.2, 0.25) is 5.82 Å². The fourth-order valence-corrected chi connectivity index (χ4v) is 0.856. The van der Waals surface area contributed by atoms with Crippen molar-refractivity contribution in [3.63, 3.8) is 0 Å². The molecule has 74 valence electrons. The minimum absolute atomic E-state index is 0.00463. The first-order valence-corrected chi connectivity index (χ1v) is 3.70. The van der Waals surface area contributed by atoms with E-state index < -0.39 is 11.6 Å². The van der Waals surface area contributed by atoms with Crippen molar-refractivity contribution in [1.29, 1.82) is 5.26 Å². The van der Waals surface area contributed by atoms with Gasteiger partial charge >= 0.3 is 0 Å². The van der Waals surface area contributed by atoms with Gasteiger partial charge in [-0.25, -0.2) is 4.39 Å². The highest BCUT2D eigenvalue weighted by molar-refractivity contribution is 5.38.